The molecule has 1 aliphatic carbocycles. The number of nitrogens with two attached hydrogens (primary N) is 1. The highest BCUT2D eigenvalue weighted by Crippen LogP contribution is 2.32. The van der Waals surface area contributed by atoms with E-state index < -0.39 is 0 Å². The van der Waals surface area contributed by atoms with Gasteiger partial charge in [-0.25, -0.2) is 4.39 Å². The molecule has 19 heavy (non-hydrogen) atoms. The number of halogens is 1. The van der Waals surface area contributed by atoms with Crippen LogP contribution in [0.5, 0.6) is 0 Å². The second-order valence-corrected chi connectivity index (χ2v) is 5.38. The van der Waals surface area contributed by atoms with Crippen LogP contribution in [-0.4, -0.2) is 18.5 Å². The molecule has 4 heteroatoms. The molecule has 2 rings (SSSR count). The Hall–Kier alpha value is -1.42. The Morgan fingerprint density at radius 3 is 2.74 bits per heavy atom. The molecule has 3 nitrogen and oxygen atoms in total. The standard InChI is InChI=1S/C15H21FN2O/c1-10(8-12-4-2-3-5-13(12)16)15(19)18-14(9-17)11-6-7-11/h2-5,10-11,14H,6-9,17H2,1H3,(H,18,19). The van der Waals surface area contributed by atoms with Crippen molar-refractivity contribution in [2.45, 2.75) is 32.2 Å². The topological polar surface area (TPSA) is 55.1 Å². The fourth-order valence-electron chi connectivity index (χ4n) is 2.28. The maximum atomic E-state index is 13.5. The number of carbonyl (C=O) groups excluding carboxylic acids is 1. The van der Waals surface area contributed by atoms with Crippen LogP contribution >= 0.6 is 0 Å². The summed E-state index contributed by atoms with van der Waals surface area (Å²) in [6.07, 6.45) is 2.70. The van der Waals surface area contributed by atoms with Gasteiger partial charge in [0.15, 0.2) is 0 Å². The number of rotatable bonds is 6. The summed E-state index contributed by atoms with van der Waals surface area (Å²) < 4.78 is 13.5. The largest absolute Gasteiger partial charge is 0.352 e. The van der Waals surface area contributed by atoms with E-state index in [1.54, 1.807) is 18.2 Å². The van der Waals surface area contributed by atoms with Crippen molar-refractivity contribution in [2.75, 3.05) is 6.54 Å². The van der Waals surface area contributed by atoms with E-state index in [4.69, 9.17) is 5.73 Å². The van der Waals surface area contributed by atoms with Crippen LogP contribution < -0.4 is 11.1 Å². The van der Waals surface area contributed by atoms with Crippen LogP contribution in [0.1, 0.15) is 25.3 Å². The molecule has 1 aromatic rings. The van der Waals surface area contributed by atoms with Crippen molar-refractivity contribution >= 4 is 5.91 Å². The Morgan fingerprint density at radius 1 is 1.47 bits per heavy atom. The Labute approximate surface area is 113 Å². The van der Waals surface area contributed by atoms with Gasteiger partial charge in [-0.15, -0.1) is 0 Å². The zero-order valence-electron chi connectivity index (χ0n) is 11.2. The van der Waals surface area contributed by atoms with Gasteiger partial charge in [-0.2, -0.15) is 0 Å². The first-order chi connectivity index (χ1) is 9.11. The molecule has 0 aromatic heterocycles. The van der Waals surface area contributed by atoms with Gasteiger partial charge in [0.25, 0.3) is 0 Å². The van der Waals surface area contributed by atoms with E-state index in [-0.39, 0.29) is 23.7 Å². The first-order valence-electron chi connectivity index (χ1n) is 6.85. The highest BCUT2D eigenvalue weighted by molar-refractivity contribution is 5.79. The maximum Gasteiger partial charge on any atom is 0.223 e. The quantitative estimate of drug-likeness (QED) is 0.824. The molecule has 3 N–H and O–H groups in total. The molecule has 0 spiro atoms. The number of hydrogen-bond acceptors (Lipinski definition) is 2. The van der Waals surface area contributed by atoms with E-state index >= 15 is 0 Å². The molecule has 1 aliphatic rings. The van der Waals surface area contributed by atoms with Gasteiger partial charge in [0, 0.05) is 18.5 Å². The molecule has 1 amide bonds. The minimum Gasteiger partial charge on any atom is -0.352 e. The van der Waals surface area contributed by atoms with E-state index in [1.807, 2.05) is 6.92 Å². The van der Waals surface area contributed by atoms with E-state index in [2.05, 4.69) is 5.32 Å². The lowest BCUT2D eigenvalue weighted by molar-refractivity contribution is -0.125. The molecule has 2 unspecified atom stereocenters. The lowest BCUT2D eigenvalue weighted by Gasteiger charge is -2.19. The molecule has 0 heterocycles. The van der Waals surface area contributed by atoms with Crippen LogP contribution in [0.3, 0.4) is 0 Å². The Balaban J connectivity index is 1.90. The van der Waals surface area contributed by atoms with Gasteiger partial charge < -0.3 is 11.1 Å². The average Bonchev–Trinajstić information content (AvgIpc) is 3.22. The summed E-state index contributed by atoms with van der Waals surface area (Å²) in [5.41, 5.74) is 6.25. The van der Waals surface area contributed by atoms with E-state index in [1.165, 1.54) is 6.07 Å². The average molecular weight is 264 g/mol. The number of hydrogen-bond donors (Lipinski definition) is 2. The van der Waals surface area contributed by atoms with Gasteiger partial charge in [-0.3, -0.25) is 4.79 Å². The van der Waals surface area contributed by atoms with E-state index in [0.717, 1.165) is 12.8 Å². The van der Waals surface area contributed by atoms with Gasteiger partial charge >= 0.3 is 0 Å². The van der Waals surface area contributed by atoms with Gasteiger partial charge in [0.1, 0.15) is 5.82 Å². The fourth-order valence-corrected chi connectivity index (χ4v) is 2.28. The molecule has 0 aliphatic heterocycles. The Kier molecular flexibility index (Phi) is 4.53. The number of carbonyl (C=O) groups is 1. The summed E-state index contributed by atoms with van der Waals surface area (Å²) in [4.78, 5) is 12.1. The zero-order valence-corrected chi connectivity index (χ0v) is 11.2. The minimum atomic E-state index is -0.250. The summed E-state index contributed by atoms with van der Waals surface area (Å²) in [7, 11) is 0. The van der Waals surface area contributed by atoms with Crippen molar-refractivity contribution in [1.82, 2.24) is 5.32 Å². The van der Waals surface area contributed by atoms with Crippen LogP contribution in [0.2, 0.25) is 0 Å². The third-order valence-electron chi connectivity index (χ3n) is 3.70. The van der Waals surface area contributed by atoms with Crippen LogP contribution in [0.15, 0.2) is 24.3 Å². The number of nitrogens with one attached hydrogen (secondary N) is 1. The summed E-state index contributed by atoms with van der Waals surface area (Å²) in [5, 5.41) is 2.98. The predicted molar refractivity (Wildman–Crippen MR) is 73.0 cm³/mol. The van der Waals surface area contributed by atoms with Gasteiger partial charge in [-0.1, -0.05) is 25.1 Å². The van der Waals surface area contributed by atoms with Crippen molar-refractivity contribution in [2.24, 2.45) is 17.6 Å². The number of benzene rings is 1. The predicted octanol–water partition coefficient (Wildman–Crippen LogP) is 1.86. The lowest BCUT2D eigenvalue weighted by atomic mass is 9.99. The molecule has 0 saturated heterocycles. The first-order valence-corrected chi connectivity index (χ1v) is 6.85. The normalized spacial score (nSPS) is 17.8. The van der Waals surface area contributed by atoms with Crippen LogP contribution in [-0.2, 0) is 11.2 Å². The maximum absolute atomic E-state index is 13.5. The molecule has 104 valence electrons. The van der Waals surface area contributed by atoms with Crippen molar-refractivity contribution in [1.29, 1.82) is 0 Å². The second-order valence-electron chi connectivity index (χ2n) is 5.38. The Bertz CT molecular complexity index is 446. The minimum absolute atomic E-state index is 0.0365. The van der Waals surface area contributed by atoms with Crippen molar-refractivity contribution in [3.63, 3.8) is 0 Å². The molecular formula is C15H21FN2O. The second kappa shape index (κ2) is 6.15. The monoisotopic (exact) mass is 264 g/mol. The molecule has 0 bridgehead atoms. The van der Waals surface area contributed by atoms with Crippen molar-refractivity contribution < 1.29 is 9.18 Å². The summed E-state index contributed by atoms with van der Waals surface area (Å²) >= 11 is 0. The van der Waals surface area contributed by atoms with E-state index in [9.17, 15) is 9.18 Å². The summed E-state index contributed by atoms with van der Waals surface area (Å²) in [6, 6.07) is 6.67. The third-order valence-corrected chi connectivity index (χ3v) is 3.70. The molecule has 0 radical (unpaired) electrons. The summed E-state index contributed by atoms with van der Waals surface area (Å²) in [6.45, 7) is 2.30. The molecule has 1 saturated carbocycles. The van der Waals surface area contributed by atoms with Crippen molar-refractivity contribution in [3.05, 3.63) is 35.6 Å². The van der Waals surface area contributed by atoms with E-state index in [0.29, 0.717) is 24.4 Å². The van der Waals surface area contributed by atoms with Crippen LogP contribution in [0.4, 0.5) is 4.39 Å². The lowest BCUT2D eigenvalue weighted by Crippen LogP contribution is -2.44. The van der Waals surface area contributed by atoms with Crippen molar-refractivity contribution in [3.8, 4) is 0 Å². The zero-order chi connectivity index (χ0) is 13.8. The van der Waals surface area contributed by atoms with Crippen LogP contribution in [0, 0.1) is 17.7 Å². The van der Waals surface area contributed by atoms with Crippen LogP contribution in [0.25, 0.3) is 0 Å². The molecule has 1 aromatic carbocycles. The molecule has 1 fully saturated rings. The van der Waals surface area contributed by atoms with Gasteiger partial charge in [0.05, 0.1) is 0 Å². The third kappa shape index (κ3) is 3.77. The highest BCUT2D eigenvalue weighted by Gasteiger charge is 2.32. The fraction of sp³-hybridized carbons (Fsp3) is 0.533. The first kappa shape index (κ1) is 14.0. The van der Waals surface area contributed by atoms with Gasteiger partial charge in [0.2, 0.25) is 5.91 Å². The molecular weight excluding hydrogens is 243 g/mol. The SMILES string of the molecule is CC(Cc1ccccc1F)C(=O)NC(CN)C1CC1. The highest BCUT2D eigenvalue weighted by atomic mass is 19.1. The smallest absolute Gasteiger partial charge is 0.223 e. The number of amides is 1. The Morgan fingerprint density at radius 2 is 2.16 bits per heavy atom. The molecule has 2 atom stereocenters. The summed E-state index contributed by atoms with van der Waals surface area (Å²) in [5.74, 6) is 0.00429. The van der Waals surface area contributed by atoms with Gasteiger partial charge in [-0.05, 0) is 36.8 Å².